The molecule has 1 saturated carbocycles. The molecule has 0 atom stereocenters. The first-order valence-electron chi connectivity index (χ1n) is 7.30. The fourth-order valence-electron chi connectivity index (χ4n) is 2.36. The Hall–Kier alpha value is -1.81. The second kappa shape index (κ2) is 6.09. The van der Waals surface area contributed by atoms with E-state index in [-0.39, 0.29) is 0 Å². The minimum atomic E-state index is 0.711. The Kier molecular flexibility index (Phi) is 4.02. The van der Waals surface area contributed by atoms with Crippen LogP contribution in [-0.4, -0.2) is 17.6 Å². The van der Waals surface area contributed by atoms with Crippen molar-refractivity contribution in [1.82, 2.24) is 10.3 Å². The number of nitrogens with zero attached hydrogens (tertiary/aromatic N) is 2. The first kappa shape index (κ1) is 13.2. The van der Waals surface area contributed by atoms with Gasteiger partial charge in [0.1, 0.15) is 5.76 Å². The van der Waals surface area contributed by atoms with Crippen molar-refractivity contribution in [2.45, 2.75) is 38.9 Å². The summed E-state index contributed by atoms with van der Waals surface area (Å²) in [5.74, 6) is 0.991. The van der Waals surface area contributed by atoms with E-state index in [1.54, 1.807) is 6.26 Å². The standard InChI is InChI=1S/C16H21N3O/c1-2-19(12-15-4-3-9-20-15)16-7-8-17-10-13(16)11-18-14-5-6-14/h3-4,7-10,14,18H,2,5-6,11-12H2,1H3. The highest BCUT2D eigenvalue weighted by Gasteiger charge is 2.21. The Morgan fingerprint density at radius 3 is 3.00 bits per heavy atom. The molecule has 0 saturated heterocycles. The molecular weight excluding hydrogens is 250 g/mol. The third kappa shape index (κ3) is 3.20. The van der Waals surface area contributed by atoms with E-state index in [4.69, 9.17) is 4.42 Å². The Labute approximate surface area is 119 Å². The largest absolute Gasteiger partial charge is 0.467 e. The van der Waals surface area contributed by atoms with Crippen LogP contribution in [-0.2, 0) is 13.1 Å². The van der Waals surface area contributed by atoms with Crippen molar-refractivity contribution in [2.24, 2.45) is 0 Å². The summed E-state index contributed by atoms with van der Waals surface area (Å²) < 4.78 is 5.46. The van der Waals surface area contributed by atoms with Crippen molar-refractivity contribution in [3.05, 3.63) is 48.2 Å². The molecular formula is C16H21N3O. The molecule has 2 heterocycles. The van der Waals surface area contributed by atoms with Gasteiger partial charge in [-0.25, -0.2) is 0 Å². The number of rotatable bonds is 7. The van der Waals surface area contributed by atoms with E-state index in [0.717, 1.165) is 25.4 Å². The average Bonchev–Trinajstić information content (AvgIpc) is 3.18. The maximum Gasteiger partial charge on any atom is 0.123 e. The lowest BCUT2D eigenvalue weighted by Crippen LogP contribution is -2.25. The Morgan fingerprint density at radius 1 is 1.40 bits per heavy atom. The van der Waals surface area contributed by atoms with Gasteiger partial charge in [0.25, 0.3) is 0 Å². The predicted octanol–water partition coefficient (Wildman–Crippen LogP) is 2.95. The highest BCUT2D eigenvalue weighted by molar-refractivity contribution is 5.52. The third-order valence-corrected chi connectivity index (χ3v) is 3.69. The van der Waals surface area contributed by atoms with E-state index in [1.807, 2.05) is 24.5 Å². The molecule has 1 aliphatic rings. The van der Waals surface area contributed by atoms with Crippen molar-refractivity contribution < 1.29 is 4.42 Å². The summed E-state index contributed by atoms with van der Waals surface area (Å²) in [6.07, 6.45) is 8.17. The Morgan fingerprint density at radius 2 is 2.30 bits per heavy atom. The Bertz CT molecular complexity index is 534. The van der Waals surface area contributed by atoms with Crippen molar-refractivity contribution in [2.75, 3.05) is 11.4 Å². The molecule has 1 aliphatic carbocycles. The number of anilines is 1. The lowest BCUT2D eigenvalue weighted by Gasteiger charge is -2.24. The molecule has 20 heavy (non-hydrogen) atoms. The van der Waals surface area contributed by atoms with Crippen molar-refractivity contribution in [3.8, 4) is 0 Å². The lowest BCUT2D eigenvalue weighted by molar-refractivity contribution is 0.503. The molecule has 2 aromatic rings. The summed E-state index contributed by atoms with van der Waals surface area (Å²) in [5.41, 5.74) is 2.50. The van der Waals surface area contributed by atoms with Crippen LogP contribution in [0.3, 0.4) is 0 Å². The van der Waals surface area contributed by atoms with Crippen LogP contribution in [0.5, 0.6) is 0 Å². The van der Waals surface area contributed by atoms with Gasteiger partial charge >= 0.3 is 0 Å². The number of furan rings is 1. The summed E-state index contributed by atoms with van der Waals surface area (Å²) in [6, 6.07) is 6.76. The summed E-state index contributed by atoms with van der Waals surface area (Å²) in [5, 5.41) is 3.56. The van der Waals surface area contributed by atoms with Crippen LogP contribution >= 0.6 is 0 Å². The molecule has 3 rings (SSSR count). The first-order chi connectivity index (χ1) is 9.86. The predicted molar refractivity (Wildman–Crippen MR) is 79.5 cm³/mol. The summed E-state index contributed by atoms with van der Waals surface area (Å²) >= 11 is 0. The van der Waals surface area contributed by atoms with Gasteiger partial charge in [-0.05, 0) is 38.0 Å². The summed E-state index contributed by atoms with van der Waals surface area (Å²) in [7, 11) is 0. The van der Waals surface area contributed by atoms with E-state index in [9.17, 15) is 0 Å². The number of aromatic nitrogens is 1. The second-order valence-electron chi connectivity index (χ2n) is 5.25. The van der Waals surface area contributed by atoms with Gasteiger partial charge in [0.2, 0.25) is 0 Å². The molecule has 2 aromatic heterocycles. The van der Waals surface area contributed by atoms with Crippen LogP contribution in [0, 0.1) is 0 Å². The molecule has 0 unspecified atom stereocenters. The molecule has 1 fully saturated rings. The monoisotopic (exact) mass is 271 g/mol. The van der Waals surface area contributed by atoms with E-state index in [2.05, 4.69) is 28.2 Å². The number of hydrogen-bond acceptors (Lipinski definition) is 4. The smallest absolute Gasteiger partial charge is 0.123 e. The van der Waals surface area contributed by atoms with E-state index < -0.39 is 0 Å². The maximum absolute atomic E-state index is 5.46. The van der Waals surface area contributed by atoms with Gasteiger partial charge in [-0.3, -0.25) is 4.98 Å². The zero-order chi connectivity index (χ0) is 13.8. The molecule has 0 amide bonds. The Balaban J connectivity index is 1.75. The van der Waals surface area contributed by atoms with E-state index >= 15 is 0 Å². The van der Waals surface area contributed by atoms with Crippen molar-refractivity contribution in [3.63, 3.8) is 0 Å². The van der Waals surface area contributed by atoms with Crippen molar-refractivity contribution in [1.29, 1.82) is 0 Å². The van der Waals surface area contributed by atoms with Gasteiger partial charge in [0.05, 0.1) is 12.8 Å². The first-order valence-corrected chi connectivity index (χ1v) is 7.30. The topological polar surface area (TPSA) is 41.3 Å². The molecule has 0 radical (unpaired) electrons. The fraction of sp³-hybridized carbons (Fsp3) is 0.438. The van der Waals surface area contributed by atoms with Gasteiger partial charge in [-0.15, -0.1) is 0 Å². The van der Waals surface area contributed by atoms with Gasteiger partial charge in [0, 0.05) is 42.8 Å². The third-order valence-electron chi connectivity index (χ3n) is 3.69. The zero-order valence-electron chi connectivity index (χ0n) is 11.9. The molecule has 1 N–H and O–H groups in total. The quantitative estimate of drug-likeness (QED) is 0.840. The lowest BCUT2D eigenvalue weighted by atomic mass is 10.2. The highest BCUT2D eigenvalue weighted by Crippen LogP contribution is 2.24. The molecule has 0 aliphatic heterocycles. The van der Waals surface area contributed by atoms with Crippen LogP contribution in [0.4, 0.5) is 5.69 Å². The minimum Gasteiger partial charge on any atom is -0.467 e. The zero-order valence-corrected chi connectivity index (χ0v) is 11.9. The molecule has 0 bridgehead atoms. The van der Waals surface area contributed by atoms with Gasteiger partial charge in [-0.2, -0.15) is 0 Å². The minimum absolute atomic E-state index is 0.711. The SMILES string of the molecule is CCN(Cc1ccco1)c1ccncc1CNC1CC1. The highest BCUT2D eigenvalue weighted by atomic mass is 16.3. The summed E-state index contributed by atoms with van der Waals surface area (Å²) in [6.45, 7) is 4.80. The maximum atomic E-state index is 5.46. The van der Waals surface area contributed by atoms with E-state index in [1.165, 1.54) is 24.1 Å². The van der Waals surface area contributed by atoms with Crippen LogP contribution in [0.15, 0.2) is 41.3 Å². The van der Waals surface area contributed by atoms with Crippen molar-refractivity contribution >= 4 is 5.69 Å². The normalized spacial score (nSPS) is 14.4. The van der Waals surface area contributed by atoms with Crippen LogP contribution in [0.1, 0.15) is 31.1 Å². The molecule has 0 aromatic carbocycles. The molecule has 4 nitrogen and oxygen atoms in total. The summed E-state index contributed by atoms with van der Waals surface area (Å²) in [4.78, 5) is 6.59. The second-order valence-corrected chi connectivity index (χ2v) is 5.25. The average molecular weight is 271 g/mol. The van der Waals surface area contributed by atoms with Crippen LogP contribution < -0.4 is 10.2 Å². The molecule has 4 heteroatoms. The van der Waals surface area contributed by atoms with Gasteiger partial charge in [0.15, 0.2) is 0 Å². The van der Waals surface area contributed by atoms with Crippen LogP contribution in [0.2, 0.25) is 0 Å². The van der Waals surface area contributed by atoms with Crippen LogP contribution in [0.25, 0.3) is 0 Å². The van der Waals surface area contributed by atoms with E-state index in [0.29, 0.717) is 6.04 Å². The molecule has 0 spiro atoms. The molecule has 106 valence electrons. The number of nitrogens with one attached hydrogen (secondary N) is 1. The van der Waals surface area contributed by atoms with Gasteiger partial charge < -0.3 is 14.6 Å². The number of pyridine rings is 1. The van der Waals surface area contributed by atoms with Gasteiger partial charge in [-0.1, -0.05) is 0 Å². The number of hydrogen-bond donors (Lipinski definition) is 1. The fourth-order valence-corrected chi connectivity index (χ4v) is 2.36.